The third-order valence-electron chi connectivity index (χ3n) is 5.62. The molecule has 0 saturated heterocycles. The zero-order valence-electron chi connectivity index (χ0n) is 17.7. The lowest BCUT2D eigenvalue weighted by molar-refractivity contribution is -0.108. The first-order valence-electron chi connectivity index (χ1n) is 11.4. The average molecular weight is 368 g/mol. The van der Waals surface area contributed by atoms with Gasteiger partial charge in [0.25, 0.3) is 0 Å². The van der Waals surface area contributed by atoms with Gasteiger partial charge in [-0.15, -0.1) is 0 Å². The van der Waals surface area contributed by atoms with Crippen LogP contribution in [0.15, 0.2) is 0 Å². The number of carbonyl (C=O) groups excluding carboxylic acids is 2. The molecule has 0 rings (SSSR count). The molecule has 3 heteroatoms. The normalized spacial score (nSPS) is 11.4. The van der Waals surface area contributed by atoms with Gasteiger partial charge in [0.1, 0.15) is 12.6 Å². The molecule has 0 heterocycles. The maximum Gasteiger partial charge on any atom is 0.119 e. The first-order chi connectivity index (χ1) is 12.8. The number of aldehydes is 2. The second-order valence-electron chi connectivity index (χ2n) is 7.71. The first-order valence-corrected chi connectivity index (χ1v) is 11.4. The van der Waals surface area contributed by atoms with Crippen molar-refractivity contribution in [3.8, 4) is 0 Å². The molecule has 0 amide bonds. The lowest BCUT2D eigenvalue weighted by Gasteiger charge is -2.23. The van der Waals surface area contributed by atoms with Crippen molar-refractivity contribution in [1.29, 1.82) is 0 Å². The number of nitrogens with zero attached hydrogens (tertiary/aromatic N) is 1. The third-order valence-corrected chi connectivity index (χ3v) is 5.62. The molecular formula is C23H45NO2. The van der Waals surface area contributed by atoms with Gasteiger partial charge in [-0.25, -0.2) is 0 Å². The Bertz CT molecular complexity index is 281. The van der Waals surface area contributed by atoms with Crippen LogP contribution in [-0.2, 0) is 9.59 Å². The van der Waals surface area contributed by atoms with Crippen LogP contribution in [0.5, 0.6) is 0 Å². The zero-order valence-corrected chi connectivity index (χ0v) is 17.7. The van der Waals surface area contributed by atoms with Gasteiger partial charge in [-0.05, 0) is 44.8 Å². The summed E-state index contributed by atoms with van der Waals surface area (Å²) in [5.74, 6) is 0.876. The van der Waals surface area contributed by atoms with Crippen LogP contribution in [0.1, 0.15) is 110 Å². The summed E-state index contributed by atoms with van der Waals surface area (Å²) in [6.07, 6.45) is 20.1. The summed E-state index contributed by atoms with van der Waals surface area (Å²) in [7, 11) is 0. The Labute approximate surface area is 163 Å². The monoisotopic (exact) mass is 367 g/mol. The Morgan fingerprint density at radius 2 is 1.04 bits per heavy atom. The van der Waals surface area contributed by atoms with E-state index in [9.17, 15) is 9.59 Å². The van der Waals surface area contributed by atoms with Crippen molar-refractivity contribution in [2.45, 2.75) is 110 Å². The molecule has 0 saturated carbocycles. The Hall–Kier alpha value is -0.700. The number of hydrogen-bond acceptors (Lipinski definition) is 3. The van der Waals surface area contributed by atoms with Crippen molar-refractivity contribution >= 4 is 12.6 Å². The van der Waals surface area contributed by atoms with Crippen LogP contribution in [0.2, 0.25) is 0 Å². The van der Waals surface area contributed by atoms with Crippen molar-refractivity contribution in [2.24, 2.45) is 5.92 Å². The van der Waals surface area contributed by atoms with Crippen LogP contribution in [0.25, 0.3) is 0 Å². The average Bonchev–Trinajstić information content (AvgIpc) is 2.66. The van der Waals surface area contributed by atoms with E-state index >= 15 is 0 Å². The van der Waals surface area contributed by atoms with Gasteiger partial charge in [-0.3, -0.25) is 0 Å². The van der Waals surface area contributed by atoms with Crippen LogP contribution < -0.4 is 0 Å². The van der Waals surface area contributed by atoms with Gasteiger partial charge in [0.2, 0.25) is 0 Å². The van der Waals surface area contributed by atoms with Gasteiger partial charge in [-0.2, -0.15) is 0 Å². The molecule has 0 radical (unpaired) electrons. The summed E-state index contributed by atoms with van der Waals surface area (Å²) in [5.41, 5.74) is 0. The summed E-state index contributed by atoms with van der Waals surface area (Å²) >= 11 is 0. The summed E-state index contributed by atoms with van der Waals surface area (Å²) in [4.78, 5) is 23.2. The number of hydrogen-bond donors (Lipinski definition) is 0. The number of carbonyl (C=O) groups is 2. The topological polar surface area (TPSA) is 37.4 Å². The highest BCUT2D eigenvalue weighted by Gasteiger charge is 2.10. The van der Waals surface area contributed by atoms with Crippen LogP contribution >= 0.6 is 0 Å². The summed E-state index contributed by atoms with van der Waals surface area (Å²) in [5, 5.41) is 0. The third kappa shape index (κ3) is 16.8. The molecule has 0 unspecified atom stereocenters. The van der Waals surface area contributed by atoms with Crippen molar-refractivity contribution in [2.75, 3.05) is 19.6 Å². The fourth-order valence-electron chi connectivity index (χ4n) is 3.72. The molecular weight excluding hydrogens is 322 g/mol. The maximum absolute atomic E-state index is 10.3. The van der Waals surface area contributed by atoms with Crippen molar-refractivity contribution < 1.29 is 9.59 Å². The lowest BCUT2D eigenvalue weighted by atomic mass is 9.91. The summed E-state index contributed by atoms with van der Waals surface area (Å²) < 4.78 is 0. The zero-order chi connectivity index (χ0) is 19.3. The van der Waals surface area contributed by atoms with E-state index < -0.39 is 0 Å². The molecule has 0 aromatic carbocycles. The van der Waals surface area contributed by atoms with E-state index in [2.05, 4.69) is 18.7 Å². The van der Waals surface area contributed by atoms with E-state index in [1.165, 1.54) is 77.2 Å². The van der Waals surface area contributed by atoms with Gasteiger partial charge in [0.15, 0.2) is 0 Å². The molecule has 0 atom stereocenters. The molecule has 3 nitrogen and oxygen atoms in total. The molecule has 0 spiro atoms. The van der Waals surface area contributed by atoms with Gasteiger partial charge >= 0.3 is 0 Å². The predicted molar refractivity (Wildman–Crippen MR) is 113 cm³/mol. The van der Waals surface area contributed by atoms with E-state index in [-0.39, 0.29) is 0 Å². The number of unbranched alkanes of at least 4 members (excludes halogenated alkanes) is 10. The van der Waals surface area contributed by atoms with Gasteiger partial charge in [0, 0.05) is 12.8 Å². The molecule has 0 N–H and O–H groups in total. The van der Waals surface area contributed by atoms with Gasteiger partial charge in [-0.1, -0.05) is 78.1 Å². The SMILES string of the molecule is CCN(CC)CCC(CCCCCCCC=O)CCCCCCCC=O. The second-order valence-corrected chi connectivity index (χ2v) is 7.71. The van der Waals surface area contributed by atoms with Crippen LogP contribution in [0, 0.1) is 5.92 Å². The molecule has 0 aromatic heterocycles. The van der Waals surface area contributed by atoms with E-state index in [4.69, 9.17) is 0 Å². The Kier molecular flexibility index (Phi) is 20.1. The smallest absolute Gasteiger partial charge is 0.119 e. The molecule has 0 aliphatic heterocycles. The maximum atomic E-state index is 10.3. The van der Waals surface area contributed by atoms with Crippen LogP contribution in [0.3, 0.4) is 0 Å². The molecule has 0 aromatic rings. The minimum Gasteiger partial charge on any atom is -0.304 e. The highest BCUT2D eigenvalue weighted by Crippen LogP contribution is 2.22. The van der Waals surface area contributed by atoms with Crippen molar-refractivity contribution in [3.63, 3.8) is 0 Å². The Morgan fingerprint density at radius 3 is 1.46 bits per heavy atom. The van der Waals surface area contributed by atoms with E-state index in [0.29, 0.717) is 0 Å². The molecule has 0 aliphatic rings. The fourth-order valence-corrected chi connectivity index (χ4v) is 3.72. The molecule has 0 fully saturated rings. The molecule has 0 bridgehead atoms. The Balaban J connectivity index is 3.92. The highest BCUT2D eigenvalue weighted by molar-refractivity contribution is 5.49. The predicted octanol–water partition coefficient (Wildman–Crippen LogP) is 6.19. The summed E-state index contributed by atoms with van der Waals surface area (Å²) in [6.45, 7) is 8.10. The summed E-state index contributed by atoms with van der Waals surface area (Å²) in [6, 6.07) is 0. The molecule has 26 heavy (non-hydrogen) atoms. The van der Waals surface area contributed by atoms with Gasteiger partial charge < -0.3 is 14.5 Å². The van der Waals surface area contributed by atoms with Crippen molar-refractivity contribution in [3.05, 3.63) is 0 Å². The fraction of sp³-hybridized carbons (Fsp3) is 0.913. The van der Waals surface area contributed by atoms with E-state index in [0.717, 1.165) is 57.3 Å². The molecule has 154 valence electrons. The minimum absolute atomic E-state index is 0.735. The van der Waals surface area contributed by atoms with E-state index in [1.54, 1.807) is 0 Å². The quantitative estimate of drug-likeness (QED) is 0.179. The van der Waals surface area contributed by atoms with Crippen molar-refractivity contribution in [1.82, 2.24) is 4.90 Å². The largest absolute Gasteiger partial charge is 0.304 e. The Morgan fingerprint density at radius 1 is 0.615 bits per heavy atom. The van der Waals surface area contributed by atoms with Crippen LogP contribution in [-0.4, -0.2) is 37.1 Å². The standard InChI is InChI=1S/C23H45NO2/c1-3-24(4-2)20-19-23(17-13-9-5-7-11-15-21-25)18-14-10-6-8-12-16-22-26/h21-23H,3-20H2,1-2H3. The first kappa shape index (κ1) is 25.3. The van der Waals surface area contributed by atoms with Crippen LogP contribution in [0.4, 0.5) is 0 Å². The highest BCUT2D eigenvalue weighted by atomic mass is 16.1. The molecule has 0 aliphatic carbocycles. The van der Waals surface area contributed by atoms with E-state index in [1.807, 2.05) is 0 Å². The minimum atomic E-state index is 0.735. The number of rotatable bonds is 21. The van der Waals surface area contributed by atoms with Gasteiger partial charge in [0.05, 0.1) is 0 Å². The lowest BCUT2D eigenvalue weighted by Crippen LogP contribution is -2.25. The second kappa shape index (κ2) is 20.6.